The normalized spacial score (nSPS) is 12.5. The van der Waals surface area contributed by atoms with Crippen LogP contribution in [0.15, 0.2) is 34.1 Å². The van der Waals surface area contributed by atoms with Crippen LogP contribution in [0.3, 0.4) is 0 Å². The predicted octanol–water partition coefficient (Wildman–Crippen LogP) is 0.527. The van der Waals surface area contributed by atoms with Gasteiger partial charge in [-0.1, -0.05) is 0 Å². The molecule has 0 bridgehead atoms. The second-order valence-electron chi connectivity index (χ2n) is 4.09. The number of hydrogen-bond donors (Lipinski definition) is 0. The third-order valence-electron chi connectivity index (χ3n) is 2.65. The molecule has 0 atom stereocenters. The average molecular weight is 322 g/mol. The van der Waals surface area contributed by atoms with Gasteiger partial charge in [0.1, 0.15) is 0 Å². The maximum absolute atomic E-state index is 11.9. The molecule has 6 nitrogen and oxygen atoms in total. The summed E-state index contributed by atoms with van der Waals surface area (Å²) in [5.41, 5.74) is 0. The van der Waals surface area contributed by atoms with Crippen LogP contribution in [-0.2, 0) is 29.1 Å². The van der Waals surface area contributed by atoms with Crippen LogP contribution >= 0.6 is 0 Å². The topological polar surface area (TPSA) is 86.7 Å². The van der Waals surface area contributed by atoms with Crippen molar-refractivity contribution in [1.82, 2.24) is 0 Å². The molecule has 0 fully saturated rings. The fourth-order valence-electron chi connectivity index (χ4n) is 1.48. The summed E-state index contributed by atoms with van der Waals surface area (Å²) in [6.07, 6.45) is 0. The maximum atomic E-state index is 11.9. The van der Waals surface area contributed by atoms with E-state index in [4.69, 9.17) is 9.47 Å². The van der Waals surface area contributed by atoms with Gasteiger partial charge in [0.05, 0.1) is 34.5 Å². The van der Waals surface area contributed by atoms with E-state index in [1.54, 1.807) is 0 Å². The average Bonchev–Trinajstić information content (AvgIpc) is 2.43. The minimum Gasteiger partial charge on any atom is -0.384 e. The van der Waals surface area contributed by atoms with Crippen LogP contribution in [0.1, 0.15) is 0 Å². The number of methoxy groups -OCH3 is 2. The zero-order valence-electron chi connectivity index (χ0n) is 11.4. The second-order valence-corrected chi connectivity index (χ2v) is 8.31. The smallest absolute Gasteiger partial charge is 0.180 e. The summed E-state index contributed by atoms with van der Waals surface area (Å²) < 4.78 is 57.0. The highest BCUT2D eigenvalue weighted by Crippen LogP contribution is 2.16. The van der Waals surface area contributed by atoms with Crippen molar-refractivity contribution in [2.45, 2.75) is 9.79 Å². The summed E-state index contributed by atoms with van der Waals surface area (Å²) in [5, 5.41) is 0. The minimum atomic E-state index is -3.45. The number of hydrogen-bond acceptors (Lipinski definition) is 6. The Balaban J connectivity index is 2.94. The third kappa shape index (κ3) is 4.55. The summed E-state index contributed by atoms with van der Waals surface area (Å²) in [5.74, 6) is -0.279. The summed E-state index contributed by atoms with van der Waals surface area (Å²) in [6.45, 7) is 0.187. The van der Waals surface area contributed by atoms with E-state index in [1.165, 1.54) is 38.5 Å². The molecule has 0 aromatic heterocycles. The lowest BCUT2D eigenvalue weighted by Gasteiger charge is -2.06. The molecule has 20 heavy (non-hydrogen) atoms. The van der Waals surface area contributed by atoms with Crippen LogP contribution in [0.4, 0.5) is 0 Å². The van der Waals surface area contributed by atoms with Gasteiger partial charge in [0, 0.05) is 14.2 Å². The van der Waals surface area contributed by atoms with Gasteiger partial charge in [-0.15, -0.1) is 0 Å². The largest absolute Gasteiger partial charge is 0.384 e. The minimum absolute atomic E-state index is 0.0836. The Morgan fingerprint density at radius 3 is 1.30 bits per heavy atom. The van der Waals surface area contributed by atoms with E-state index in [2.05, 4.69) is 0 Å². The van der Waals surface area contributed by atoms with Crippen LogP contribution < -0.4 is 0 Å². The van der Waals surface area contributed by atoms with E-state index in [0.29, 0.717) is 0 Å². The molecule has 0 N–H and O–H groups in total. The van der Waals surface area contributed by atoms with Crippen molar-refractivity contribution in [3.8, 4) is 0 Å². The van der Waals surface area contributed by atoms with Gasteiger partial charge in [0.15, 0.2) is 19.7 Å². The van der Waals surface area contributed by atoms with Crippen molar-refractivity contribution < 1.29 is 26.3 Å². The number of ether oxygens (including phenoxy) is 2. The molecule has 0 aliphatic carbocycles. The maximum Gasteiger partial charge on any atom is 0.180 e. The molecular weight excluding hydrogens is 304 g/mol. The molecule has 1 aromatic carbocycles. The highest BCUT2D eigenvalue weighted by Gasteiger charge is 2.17. The summed E-state index contributed by atoms with van der Waals surface area (Å²) in [6, 6.07) is 5.19. The van der Waals surface area contributed by atoms with Crippen LogP contribution in [-0.4, -0.2) is 55.8 Å². The summed E-state index contributed by atoms with van der Waals surface area (Å²) in [4.78, 5) is 0.167. The SMILES string of the molecule is COCCS(=O)(=O)c1ccc(S(=O)(=O)CCOC)cc1. The Morgan fingerprint density at radius 1 is 0.750 bits per heavy atom. The van der Waals surface area contributed by atoms with Crippen molar-refractivity contribution in [2.75, 3.05) is 38.9 Å². The van der Waals surface area contributed by atoms with E-state index >= 15 is 0 Å². The van der Waals surface area contributed by atoms with E-state index in [0.717, 1.165) is 0 Å². The molecule has 0 aliphatic rings. The molecule has 0 radical (unpaired) electrons. The van der Waals surface area contributed by atoms with Gasteiger partial charge in [0.2, 0.25) is 0 Å². The molecule has 0 saturated heterocycles. The highest BCUT2D eigenvalue weighted by molar-refractivity contribution is 7.91. The molecule has 1 rings (SSSR count). The van der Waals surface area contributed by atoms with Gasteiger partial charge < -0.3 is 9.47 Å². The van der Waals surface area contributed by atoms with Gasteiger partial charge in [-0.05, 0) is 24.3 Å². The zero-order chi connectivity index (χ0) is 15.2. The van der Waals surface area contributed by atoms with Crippen LogP contribution in [0.25, 0.3) is 0 Å². The van der Waals surface area contributed by atoms with E-state index in [1.807, 2.05) is 0 Å². The molecule has 0 heterocycles. The van der Waals surface area contributed by atoms with Gasteiger partial charge in [-0.2, -0.15) is 0 Å². The first-order chi connectivity index (χ1) is 9.33. The van der Waals surface area contributed by atoms with Gasteiger partial charge in [0.25, 0.3) is 0 Å². The number of rotatable bonds is 8. The lowest BCUT2D eigenvalue weighted by Crippen LogP contribution is -2.13. The van der Waals surface area contributed by atoms with Gasteiger partial charge in [-0.25, -0.2) is 16.8 Å². The predicted molar refractivity (Wildman–Crippen MR) is 74.3 cm³/mol. The quantitative estimate of drug-likeness (QED) is 0.694. The van der Waals surface area contributed by atoms with Crippen LogP contribution in [0, 0.1) is 0 Å². The van der Waals surface area contributed by atoms with Crippen LogP contribution in [0.5, 0.6) is 0 Å². The van der Waals surface area contributed by atoms with E-state index < -0.39 is 19.7 Å². The van der Waals surface area contributed by atoms with E-state index in [-0.39, 0.29) is 34.5 Å². The lowest BCUT2D eigenvalue weighted by molar-refractivity contribution is 0.217. The van der Waals surface area contributed by atoms with Crippen molar-refractivity contribution in [3.63, 3.8) is 0 Å². The van der Waals surface area contributed by atoms with Gasteiger partial charge in [-0.3, -0.25) is 0 Å². The Bertz CT molecular complexity index is 559. The lowest BCUT2D eigenvalue weighted by atomic mass is 10.4. The Morgan fingerprint density at radius 2 is 1.05 bits per heavy atom. The molecular formula is C12H18O6S2. The first-order valence-electron chi connectivity index (χ1n) is 5.87. The van der Waals surface area contributed by atoms with Crippen molar-refractivity contribution in [2.24, 2.45) is 0 Å². The fraction of sp³-hybridized carbons (Fsp3) is 0.500. The molecule has 0 spiro atoms. The molecule has 8 heteroatoms. The van der Waals surface area contributed by atoms with Gasteiger partial charge >= 0.3 is 0 Å². The fourth-order valence-corrected chi connectivity index (χ4v) is 3.82. The molecule has 0 saturated carbocycles. The molecule has 1 aromatic rings. The second kappa shape index (κ2) is 7.16. The molecule has 114 valence electrons. The summed E-state index contributed by atoms with van der Waals surface area (Å²) in [7, 11) is -4.06. The Labute approximate surface area is 119 Å². The first kappa shape index (κ1) is 17.1. The third-order valence-corrected chi connectivity index (χ3v) is 6.04. The van der Waals surface area contributed by atoms with Crippen molar-refractivity contribution in [1.29, 1.82) is 0 Å². The zero-order valence-corrected chi connectivity index (χ0v) is 13.0. The van der Waals surface area contributed by atoms with Crippen molar-refractivity contribution >= 4 is 19.7 Å². The standard InChI is InChI=1S/C12H18O6S2/c1-17-7-9-19(13,14)11-3-5-12(6-4-11)20(15,16)10-8-18-2/h3-6H,7-10H2,1-2H3. The summed E-state index contributed by atoms with van der Waals surface area (Å²) >= 11 is 0. The Kier molecular flexibility index (Phi) is 6.12. The Hall–Kier alpha value is -0.960. The first-order valence-corrected chi connectivity index (χ1v) is 9.17. The monoisotopic (exact) mass is 322 g/mol. The van der Waals surface area contributed by atoms with Crippen molar-refractivity contribution in [3.05, 3.63) is 24.3 Å². The van der Waals surface area contributed by atoms with E-state index in [9.17, 15) is 16.8 Å². The molecule has 0 amide bonds. The highest BCUT2D eigenvalue weighted by atomic mass is 32.2. The molecule has 0 aliphatic heterocycles. The number of benzene rings is 1. The molecule has 0 unspecified atom stereocenters. The number of sulfone groups is 2. The van der Waals surface area contributed by atoms with Crippen LogP contribution in [0.2, 0.25) is 0 Å².